The van der Waals surface area contributed by atoms with Crippen LogP contribution >= 0.6 is 0 Å². The van der Waals surface area contributed by atoms with Crippen molar-refractivity contribution in [2.75, 3.05) is 18.0 Å². The van der Waals surface area contributed by atoms with Crippen molar-refractivity contribution in [3.8, 4) is 0 Å². The molecule has 156 valence electrons. The van der Waals surface area contributed by atoms with E-state index in [0.717, 1.165) is 60.4 Å². The number of amides is 1. The number of carbonyl (C=O) groups is 1. The maximum absolute atomic E-state index is 12.7. The van der Waals surface area contributed by atoms with Crippen LogP contribution in [0.25, 0.3) is 11.2 Å². The number of aryl methyl sites for hydroxylation is 2. The topological polar surface area (TPSA) is 83.9 Å². The molecule has 1 fully saturated rings. The molecule has 0 radical (unpaired) electrons. The number of nitrogens with zero attached hydrogens (tertiary/aromatic N) is 5. The number of hydrogen-bond acceptors (Lipinski definition) is 6. The molecule has 0 aliphatic carbocycles. The highest BCUT2D eigenvalue weighted by Gasteiger charge is 2.26. The quantitative estimate of drug-likeness (QED) is 0.680. The minimum atomic E-state index is -0.0362. The van der Waals surface area contributed by atoms with E-state index in [4.69, 9.17) is 4.98 Å². The Labute approximate surface area is 177 Å². The third-order valence-electron chi connectivity index (χ3n) is 5.68. The number of carbonyl (C=O) groups excluding carboxylic acids is 1. The summed E-state index contributed by atoms with van der Waals surface area (Å²) in [6.07, 6.45) is 8.97. The monoisotopic (exact) mass is 404 g/mol. The molecule has 1 aliphatic rings. The molecule has 0 bridgehead atoms. The minimum Gasteiger partial charge on any atom is -0.369 e. The predicted octanol–water partition coefficient (Wildman–Crippen LogP) is 3.08. The van der Waals surface area contributed by atoms with Gasteiger partial charge in [0, 0.05) is 32.0 Å². The van der Waals surface area contributed by atoms with Crippen molar-refractivity contribution in [2.45, 2.75) is 46.1 Å². The molecule has 7 nitrogen and oxygen atoms in total. The highest BCUT2D eigenvalue weighted by Crippen LogP contribution is 2.25. The summed E-state index contributed by atoms with van der Waals surface area (Å²) in [6, 6.07) is 5.91. The van der Waals surface area contributed by atoms with E-state index in [1.54, 1.807) is 12.4 Å². The average molecular weight is 405 g/mol. The van der Waals surface area contributed by atoms with Crippen LogP contribution in [0.15, 0.2) is 36.8 Å². The molecule has 4 rings (SSSR count). The van der Waals surface area contributed by atoms with Gasteiger partial charge in [0.05, 0.1) is 29.2 Å². The molecule has 1 aliphatic heterocycles. The largest absolute Gasteiger partial charge is 0.369 e. The van der Waals surface area contributed by atoms with Gasteiger partial charge in [0.15, 0.2) is 5.65 Å². The van der Waals surface area contributed by atoms with Gasteiger partial charge >= 0.3 is 0 Å². The molecular weight excluding hydrogens is 376 g/mol. The molecule has 3 aromatic heterocycles. The first-order valence-corrected chi connectivity index (χ1v) is 10.7. The van der Waals surface area contributed by atoms with Gasteiger partial charge in [0.1, 0.15) is 5.52 Å². The Morgan fingerprint density at radius 2 is 2.03 bits per heavy atom. The number of fused-ring (bicyclic) bond motifs is 1. The number of hydrogen-bond donors (Lipinski definition) is 1. The van der Waals surface area contributed by atoms with E-state index in [1.165, 1.54) is 0 Å². The van der Waals surface area contributed by atoms with E-state index in [1.807, 2.05) is 18.3 Å². The molecule has 1 saturated heterocycles. The van der Waals surface area contributed by atoms with Crippen LogP contribution in [0.5, 0.6) is 0 Å². The summed E-state index contributed by atoms with van der Waals surface area (Å²) in [4.78, 5) is 33.1. The summed E-state index contributed by atoms with van der Waals surface area (Å²) in [6.45, 7) is 6.31. The van der Waals surface area contributed by atoms with E-state index in [2.05, 4.69) is 45.1 Å². The summed E-state index contributed by atoms with van der Waals surface area (Å²) in [5.41, 5.74) is 5.59. The van der Waals surface area contributed by atoms with Crippen LogP contribution in [-0.4, -0.2) is 38.9 Å². The number of nitrogens with one attached hydrogen (secondary N) is 1. The molecule has 0 spiro atoms. The fourth-order valence-corrected chi connectivity index (χ4v) is 4.01. The summed E-state index contributed by atoms with van der Waals surface area (Å²) >= 11 is 0. The Morgan fingerprint density at radius 3 is 2.80 bits per heavy atom. The Hall–Kier alpha value is -3.09. The van der Waals surface area contributed by atoms with Gasteiger partial charge in [-0.05, 0) is 43.4 Å². The maximum Gasteiger partial charge on any atom is 0.225 e. The van der Waals surface area contributed by atoms with Crippen LogP contribution in [-0.2, 0) is 24.2 Å². The van der Waals surface area contributed by atoms with E-state index < -0.39 is 0 Å². The Kier molecular flexibility index (Phi) is 6.16. The van der Waals surface area contributed by atoms with Crippen LogP contribution in [0.3, 0.4) is 0 Å². The van der Waals surface area contributed by atoms with Gasteiger partial charge in [-0.1, -0.05) is 19.9 Å². The fourth-order valence-electron chi connectivity index (χ4n) is 4.01. The second-order valence-corrected chi connectivity index (χ2v) is 7.72. The minimum absolute atomic E-state index is 0.0362. The van der Waals surface area contributed by atoms with Crippen molar-refractivity contribution in [2.24, 2.45) is 5.92 Å². The van der Waals surface area contributed by atoms with Gasteiger partial charge in [-0.3, -0.25) is 9.78 Å². The van der Waals surface area contributed by atoms with Crippen molar-refractivity contribution < 1.29 is 4.79 Å². The molecule has 0 unspecified atom stereocenters. The van der Waals surface area contributed by atoms with Crippen LogP contribution in [0, 0.1) is 5.92 Å². The smallest absolute Gasteiger partial charge is 0.225 e. The second-order valence-electron chi connectivity index (χ2n) is 7.72. The van der Waals surface area contributed by atoms with Gasteiger partial charge in [0.25, 0.3) is 0 Å². The third kappa shape index (κ3) is 4.40. The first-order chi connectivity index (χ1) is 14.7. The lowest BCUT2D eigenvalue weighted by Crippen LogP contribution is -2.43. The van der Waals surface area contributed by atoms with Gasteiger partial charge in [-0.2, -0.15) is 0 Å². The molecule has 1 atom stereocenters. The highest BCUT2D eigenvalue weighted by molar-refractivity contribution is 5.80. The highest BCUT2D eigenvalue weighted by atomic mass is 16.1. The number of rotatable bonds is 6. The predicted molar refractivity (Wildman–Crippen MR) is 117 cm³/mol. The zero-order chi connectivity index (χ0) is 20.9. The Bertz CT molecular complexity index is 1020. The molecule has 30 heavy (non-hydrogen) atoms. The zero-order valence-electron chi connectivity index (χ0n) is 17.6. The van der Waals surface area contributed by atoms with E-state index in [-0.39, 0.29) is 11.8 Å². The summed E-state index contributed by atoms with van der Waals surface area (Å²) in [5, 5.41) is 3.05. The molecular formula is C23H28N6O. The number of piperidine rings is 1. The standard InChI is InChI=1S/C23H28N6O/c1-3-19-20(4-2)28-22-21(27-19)11-18(14-25-22)29-10-6-8-17(15-29)23(30)26-13-16-7-5-9-24-12-16/h5,7,9,11-12,14,17H,3-4,6,8,10,13,15H2,1-2H3,(H,26,30)/t17-/m0/s1. The zero-order valence-corrected chi connectivity index (χ0v) is 17.6. The van der Waals surface area contributed by atoms with E-state index in [9.17, 15) is 4.79 Å². The van der Waals surface area contributed by atoms with Crippen molar-refractivity contribution in [3.05, 3.63) is 53.7 Å². The van der Waals surface area contributed by atoms with Crippen molar-refractivity contribution in [3.63, 3.8) is 0 Å². The molecule has 7 heteroatoms. The van der Waals surface area contributed by atoms with E-state index in [0.29, 0.717) is 18.7 Å². The molecule has 3 aromatic rings. The van der Waals surface area contributed by atoms with Crippen LogP contribution in [0.4, 0.5) is 5.69 Å². The third-order valence-corrected chi connectivity index (χ3v) is 5.68. The van der Waals surface area contributed by atoms with Crippen molar-refractivity contribution in [1.82, 2.24) is 25.3 Å². The summed E-state index contributed by atoms with van der Waals surface area (Å²) in [5.74, 6) is 0.0591. The summed E-state index contributed by atoms with van der Waals surface area (Å²) in [7, 11) is 0. The normalized spacial score (nSPS) is 16.6. The van der Waals surface area contributed by atoms with Gasteiger partial charge < -0.3 is 10.2 Å². The van der Waals surface area contributed by atoms with Gasteiger partial charge in [-0.15, -0.1) is 0 Å². The average Bonchev–Trinajstić information content (AvgIpc) is 2.82. The Balaban J connectivity index is 1.47. The number of pyridine rings is 2. The second kappa shape index (κ2) is 9.15. The van der Waals surface area contributed by atoms with Crippen LogP contribution in [0.1, 0.15) is 43.6 Å². The van der Waals surface area contributed by atoms with Crippen molar-refractivity contribution >= 4 is 22.8 Å². The van der Waals surface area contributed by atoms with Gasteiger partial charge in [-0.25, -0.2) is 15.0 Å². The molecule has 0 aromatic carbocycles. The molecule has 1 amide bonds. The van der Waals surface area contributed by atoms with Gasteiger partial charge in [0.2, 0.25) is 5.91 Å². The fraction of sp³-hybridized carbons (Fsp3) is 0.435. The lowest BCUT2D eigenvalue weighted by Gasteiger charge is -2.33. The lowest BCUT2D eigenvalue weighted by molar-refractivity contribution is -0.125. The SMILES string of the molecule is CCc1nc2cc(N3CCC[C@H](C(=O)NCc4cccnc4)C3)cnc2nc1CC. The molecule has 4 heterocycles. The number of aromatic nitrogens is 4. The number of anilines is 1. The first kappa shape index (κ1) is 20.2. The molecule has 1 N–H and O–H groups in total. The van der Waals surface area contributed by atoms with E-state index >= 15 is 0 Å². The Morgan fingerprint density at radius 1 is 1.20 bits per heavy atom. The van der Waals surface area contributed by atoms with Crippen LogP contribution in [0.2, 0.25) is 0 Å². The molecule has 0 saturated carbocycles. The van der Waals surface area contributed by atoms with Crippen LogP contribution < -0.4 is 10.2 Å². The first-order valence-electron chi connectivity index (χ1n) is 10.7. The maximum atomic E-state index is 12.7. The summed E-state index contributed by atoms with van der Waals surface area (Å²) < 4.78 is 0. The van der Waals surface area contributed by atoms with Crippen molar-refractivity contribution in [1.29, 1.82) is 0 Å². The lowest BCUT2D eigenvalue weighted by atomic mass is 9.96.